The van der Waals surface area contributed by atoms with Gasteiger partial charge in [-0.2, -0.15) is 0 Å². The topological polar surface area (TPSA) is 74.8 Å². The maximum atomic E-state index is 11.8. The summed E-state index contributed by atoms with van der Waals surface area (Å²) in [4.78, 5) is 49.7. The molecule has 138 valence electrons. The minimum atomic E-state index is -0.445. The van der Waals surface area contributed by atoms with Crippen LogP contribution in [0, 0.1) is 7.14 Å². The van der Waals surface area contributed by atoms with E-state index in [-0.39, 0.29) is 49.3 Å². The molecule has 6 nitrogen and oxygen atoms in total. The molecule has 27 heavy (non-hydrogen) atoms. The molecule has 0 N–H and O–H groups in total. The van der Waals surface area contributed by atoms with E-state index in [1.807, 2.05) is 48.5 Å². The third kappa shape index (κ3) is 3.51. The van der Waals surface area contributed by atoms with Crippen LogP contribution in [0.25, 0.3) is 0 Å². The Morgan fingerprint density at radius 1 is 0.519 bits per heavy atom. The van der Waals surface area contributed by atoms with E-state index in [1.54, 1.807) is 0 Å². The SMILES string of the molecule is O=C1CCC(=O)N1c1ccc([I-]c2ccc(N3C(=O)CCC3=O)cc2)cc1. The van der Waals surface area contributed by atoms with Gasteiger partial charge in [0.05, 0.1) is 0 Å². The van der Waals surface area contributed by atoms with Crippen molar-refractivity contribution in [1.29, 1.82) is 0 Å². The molecule has 0 saturated carbocycles. The number of carbonyl (C=O) groups excluding carboxylic acids is 4. The predicted molar refractivity (Wildman–Crippen MR) is 93.7 cm³/mol. The third-order valence-electron chi connectivity index (χ3n) is 4.49. The number of amides is 4. The summed E-state index contributed by atoms with van der Waals surface area (Å²) in [6.45, 7) is 0. The predicted octanol–water partition coefficient (Wildman–Crippen LogP) is -0.878. The molecule has 0 spiro atoms. The van der Waals surface area contributed by atoms with Gasteiger partial charge in [0.15, 0.2) is 0 Å². The number of hydrogen-bond acceptors (Lipinski definition) is 4. The van der Waals surface area contributed by atoms with Gasteiger partial charge in [0.1, 0.15) is 0 Å². The van der Waals surface area contributed by atoms with Crippen LogP contribution in [-0.4, -0.2) is 23.6 Å². The van der Waals surface area contributed by atoms with E-state index < -0.39 is 21.2 Å². The summed E-state index contributed by atoms with van der Waals surface area (Å²) in [6.07, 6.45) is 1.12. The average molecular weight is 475 g/mol. The molecular weight excluding hydrogens is 459 g/mol. The fourth-order valence-electron chi connectivity index (χ4n) is 3.16. The summed E-state index contributed by atoms with van der Waals surface area (Å²) in [5.41, 5.74) is 1.24. The van der Waals surface area contributed by atoms with Crippen LogP contribution in [-0.2, 0) is 19.2 Å². The molecule has 0 atom stereocenters. The van der Waals surface area contributed by atoms with Crippen molar-refractivity contribution in [2.24, 2.45) is 0 Å². The molecule has 4 rings (SSSR count). The number of hydrogen-bond donors (Lipinski definition) is 0. The van der Waals surface area contributed by atoms with Gasteiger partial charge in [0, 0.05) is 0 Å². The summed E-state index contributed by atoms with van der Waals surface area (Å²) in [6, 6.07) is 15.0. The third-order valence-corrected chi connectivity index (χ3v) is 7.17. The van der Waals surface area contributed by atoms with E-state index in [2.05, 4.69) is 0 Å². The van der Waals surface area contributed by atoms with Crippen LogP contribution in [0.2, 0.25) is 0 Å². The van der Waals surface area contributed by atoms with E-state index in [9.17, 15) is 19.2 Å². The Kier molecular flexibility index (Phi) is 4.77. The van der Waals surface area contributed by atoms with E-state index in [0.29, 0.717) is 11.4 Å². The number of nitrogens with zero attached hydrogens (tertiary/aromatic N) is 2. The van der Waals surface area contributed by atoms with Gasteiger partial charge in [-0.05, 0) is 0 Å². The van der Waals surface area contributed by atoms with E-state index in [0.717, 1.165) is 7.14 Å². The Hall–Kier alpha value is -2.55. The molecule has 2 fully saturated rings. The first kappa shape index (κ1) is 17.8. The van der Waals surface area contributed by atoms with Crippen molar-refractivity contribution < 1.29 is 40.4 Å². The molecule has 0 unspecified atom stereocenters. The summed E-state index contributed by atoms with van der Waals surface area (Å²) >= 11 is -0.445. The van der Waals surface area contributed by atoms with Crippen LogP contribution in [0.3, 0.4) is 0 Å². The fraction of sp³-hybridized carbons (Fsp3) is 0.200. The van der Waals surface area contributed by atoms with Crippen molar-refractivity contribution >= 4 is 35.0 Å². The Balaban J connectivity index is 1.46. The zero-order valence-corrected chi connectivity index (χ0v) is 16.5. The number of carbonyl (C=O) groups is 4. The first-order valence-corrected chi connectivity index (χ1v) is 10.8. The van der Waals surface area contributed by atoms with Gasteiger partial charge < -0.3 is 0 Å². The van der Waals surface area contributed by atoms with Gasteiger partial charge in [0.25, 0.3) is 0 Å². The van der Waals surface area contributed by atoms with Crippen molar-refractivity contribution in [2.45, 2.75) is 25.7 Å². The molecule has 0 radical (unpaired) electrons. The normalized spacial score (nSPS) is 17.5. The number of rotatable bonds is 4. The van der Waals surface area contributed by atoms with Gasteiger partial charge in [-0.1, -0.05) is 0 Å². The van der Waals surface area contributed by atoms with E-state index >= 15 is 0 Å². The van der Waals surface area contributed by atoms with Crippen molar-refractivity contribution in [2.75, 3.05) is 9.80 Å². The zero-order valence-electron chi connectivity index (χ0n) is 14.4. The van der Waals surface area contributed by atoms with Crippen molar-refractivity contribution in [3.8, 4) is 0 Å². The van der Waals surface area contributed by atoms with Crippen molar-refractivity contribution in [3.05, 3.63) is 55.7 Å². The Morgan fingerprint density at radius 2 is 0.815 bits per heavy atom. The molecule has 2 saturated heterocycles. The first-order valence-electron chi connectivity index (χ1n) is 8.59. The summed E-state index contributed by atoms with van der Waals surface area (Å²) in [5, 5.41) is 0. The van der Waals surface area contributed by atoms with Gasteiger partial charge >= 0.3 is 167 Å². The van der Waals surface area contributed by atoms with E-state index in [4.69, 9.17) is 0 Å². The maximum absolute atomic E-state index is 11.8. The summed E-state index contributed by atoms with van der Waals surface area (Å²) in [5.74, 6) is -0.596. The first-order chi connectivity index (χ1) is 13.0. The molecular formula is C20H16IN2O4-. The fourth-order valence-corrected chi connectivity index (χ4v) is 5.32. The molecule has 2 heterocycles. The second-order valence-corrected chi connectivity index (χ2v) is 9.32. The van der Waals surface area contributed by atoms with Crippen LogP contribution in [0.4, 0.5) is 11.4 Å². The summed E-state index contributed by atoms with van der Waals surface area (Å²) < 4.78 is 2.30. The Bertz CT molecular complexity index is 828. The number of imide groups is 2. The van der Waals surface area contributed by atoms with Crippen molar-refractivity contribution in [3.63, 3.8) is 0 Å². The molecule has 7 heteroatoms. The standard InChI is InChI=1S/C20H16IN2O4/c24-17-9-10-18(25)22(17)15-5-1-13(2-6-15)21-14-3-7-16(8-4-14)23-19(26)11-12-20(23)27/h1-8H,9-12H2/q-1. The molecule has 0 aromatic heterocycles. The molecule has 2 aromatic rings. The van der Waals surface area contributed by atoms with Crippen LogP contribution in [0.15, 0.2) is 48.5 Å². The van der Waals surface area contributed by atoms with Crippen LogP contribution in [0.5, 0.6) is 0 Å². The molecule has 0 aliphatic carbocycles. The van der Waals surface area contributed by atoms with E-state index in [1.165, 1.54) is 9.80 Å². The number of anilines is 2. The molecule has 2 aliphatic heterocycles. The zero-order chi connectivity index (χ0) is 19.0. The number of benzene rings is 2. The molecule has 2 aromatic carbocycles. The minimum absolute atomic E-state index is 0.149. The van der Waals surface area contributed by atoms with Crippen LogP contribution >= 0.6 is 0 Å². The quantitative estimate of drug-likeness (QED) is 0.426. The molecule has 4 amide bonds. The van der Waals surface area contributed by atoms with Crippen LogP contribution < -0.4 is 31.0 Å². The molecule has 2 aliphatic rings. The van der Waals surface area contributed by atoms with Gasteiger partial charge in [-0.15, -0.1) is 0 Å². The average Bonchev–Trinajstić information content (AvgIpc) is 3.18. The molecule has 0 bridgehead atoms. The summed E-state index contributed by atoms with van der Waals surface area (Å²) in [7, 11) is 0. The van der Waals surface area contributed by atoms with Gasteiger partial charge in [-0.3, -0.25) is 0 Å². The van der Waals surface area contributed by atoms with Gasteiger partial charge in [0.2, 0.25) is 0 Å². The Labute approximate surface area is 166 Å². The van der Waals surface area contributed by atoms with Crippen LogP contribution in [0.1, 0.15) is 25.7 Å². The van der Waals surface area contributed by atoms with Crippen molar-refractivity contribution in [1.82, 2.24) is 0 Å². The monoisotopic (exact) mass is 475 g/mol. The number of halogens is 1. The van der Waals surface area contributed by atoms with Gasteiger partial charge in [-0.25, -0.2) is 0 Å². The second kappa shape index (κ2) is 7.22. The Morgan fingerprint density at radius 3 is 1.11 bits per heavy atom. The second-order valence-electron chi connectivity index (χ2n) is 6.29.